The highest BCUT2D eigenvalue weighted by molar-refractivity contribution is 5.73. The summed E-state index contributed by atoms with van der Waals surface area (Å²) in [6.45, 7) is 8.14. The number of carbonyl (C=O) groups is 2. The number of nitrogens with one attached hydrogen (secondary N) is 1. The molecule has 17 heavy (non-hydrogen) atoms. The molecule has 1 saturated heterocycles. The van der Waals surface area contributed by atoms with E-state index in [1.807, 2.05) is 0 Å². The van der Waals surface area contributed by atoms with E-state index < -0.39 is 23.7 Å². The molecule has 1 fully saturated rings. The van der Waals surface area contributed by atoms with Crippen molar-refractivity contribution < 1.29 is 19.4 Å². The number of alkyl carbamates (subject to hydrolysis) is 1. The van der Waals surface area contributed by atoms with Crippen molar-refractivity contribution in [3.8, 4) is 0 Å². The molecule has 6 nitrogen and oxygen atoms in total. The molecule has 3 atom stereocenters. The Labute approximate surface area is 101 Å². The number of hydrogen-bond acceptors (Lipinski definition) is 4. The molecule has 6 heteroatoms. The topological polar surface area (TPSA) is 78.6 Å². The van der Waals surface area contributed by atoms with Gasteiger partial charge in [-0.25, -0.2) is 4.79 Å². The van der Waals surface area contributed by atoms with Crippen molar-refractivity contribution in [1.29, 1.82) is 0 Å². The van der Waals surface area contributed by atoms with Crippen LogP contribution in [-0.4, -0.2) is 52.8 Å². The van der Waals surface area contributed by atoms with E-state index in [0.29, 0.717) is 13.1 Å². The van der Waals surface area contributed by atoms with Crippen molar-refractivity contribution in [2.24, 2.45) is 0 Å². The molecular formula is C11H20N2O4. The van der Waals surface area contributed by atoms with E-state index in [9.17, 15) is 9.59 Å². The summed E-state index contributed by atoms with van der Waals surface area (Å²) < 4.78 is 5.07. The first-order chi connectivity index (χ1) is 7.70. The predicted molar refractivity (Wildman–Crippen MR) is 61.8 cm³/mol. The Kier molecular flexibility index (Phi) is 3.98. The lowest BCUT2D eigenvalue weighted by molar-refractivity contribution is -0.140. The molecule has 2 N–H and O–H groups in total. The van der Waals surface area contributed by atoms with Crippen LogP contribution in [-0.2, 0) is 9.53 Å². The van der Waals surface area contributed by atoms with Crippen molar-refractivity contribution in [2.75, 3.05) is 13.1 Å². The molecule has 1 heterocycles. The van der Waals surface area contributed by atoms with E-state index in [1.54, 1.807) is 32.6 Å². The van der Waals surface area contributed by atoms with Crippen LogP contribution in [0.4, 0.5) is 4.79 Å². The summed E-state index contributed by atoms with van der Waals surface area (Å²) in [6, 6.07) is -0.394. The quantitative estimate of drug-likeness (QED) is 0.711. The Morgan fingerprint density at radius 1 is 1.53 bits per heavy atom. The van der Waals surface area contributed by atoms with Gasteiger partial charge >= 0.3 is 12.1 Å². The maximum absolute atomic E-state index is 11.3. The van der Waals surface area contributed by atoms with Crippen LogP contribution in [0.15, 0.2) is 0 Å². The van der Waals surface area contributed by atoms with Crippen LogP contribution >= 0.6 is 0 Å². The van der Waals surface area contributed by atoms with Gasteiger partial charge in [-0.2, -0.15) is 0 Å². The van der Waals surface area contributed by atoms with E-state index >= 15 is 0 Å². The second-order valence-corrected chi connectivity index (χ2v) is 5.25. The minimum Gasteiger partial charge on any atom is -0.480 e. The summed E-state index contributed by atoms with van der Waals surface area (Å²) in [7, 11) is 0. The van der Waals surface area contributed by atoms with Gasteiger partial charge in [-0.1, -0.05) is 0 Å². The van der Waals surface area contributed by atoms with Crippen LogP contribution < -0.4 is 5.32 Å². The van der Waals surface area contributed by atoms with Crippen LogP contribution in [0, 0.1) is 0 Å². The molecule has 0 aromatic carbocycles. The van der Waals surface area contributed by atoms with Gasteiger partial charge in [0.25, 0.3) is 0 Å². The molecule has 0 aromatic heterocycles. The number of ether oxygens (including phenoxy) is 1. The average molecular weight is 244 g/mol. The van der Waals surface area contributed by atoms with E-state index in [2.05, 4.69) is 5.32 Å². The molecule has 0 bridgehead atoms. The fourth-order valence-corrected chi connectivity index (χ4v) is 1.51. The molecule has 1 rings (SSSR count). The Balaban J connectivity index is 2.22. The van der Waals surface area contributed by atoms with Gasteiger partial charge in [-0.05, 0) is 27.7 Å². The second-order valence-electron chi connectivity index (χ2n) is 5.25. The lowest BCUT2D eigenvalue weighted by Crippen LogP contribution is -2.36. The first-order valence-corrected chi connectivity index (χ1v) is 5.66. The van der Waals surface area contributed by atoms with Gasteiger partial charge in [0.05, 0.1) is 0 Å². The predicted octanol–water partition coefficient (Wildman–Crippen LogP) is 0.668. The van der Waals surface area contributed by atoms with Gasteiger partial charge in [0.2, 0.25) is 0 Å². The van der Waals surface area contributed by atoms with Crippen LogP contribution in [0.1, 0.15) is 27.7 Å². The highest BCUT2D eigenvalue weighted by Gasteiger charge is 2.40. The van der Waals surface area contributed by atoms with Gasteiger partial charge in [-0.3, -0.25) is 9.69 Å². The standard InChI is InChI=1S/C11H20N2O4/c1-7(9(14)15)13-6-8(13)5-12-10(16)17-11(2,3)4/h7-8H,5-6H2,1-4H3,(H,12,16)(H,14,15)/t7-,8?,13?/m0/s1. The zero-order chi connectivity index (χ0) is 13.2. The Bertz CT molecular complexity index is 311. The lowest BCUT2D eigenvalue weighted by Gasteiger charge is -2.19. The summed E-state index contributed by atoms with van der Waals surface area (Å²) in [4.78, 5) is 23.8. The molecule has 0 aliphatic carbocycles. The summed E-state index contributed by atoms with van der Waals surface area (Å²) in [6.07, 6.45) is -0.465. The number of carboxylic acids is 1. The average Bonchev–Trinajstić information content (AvgIpc) is 2.89. The van der Waals surface area contributed by atoms with Gasteiger partial charge in [0, 0.05) is 19.1 Å². The number of carboxylic acid groups (broad SMARTS) is 1. The number of aliphatic carboxylic acids is 1. The van der Waals surface area contributed by atoms with Crippen molar-refractivity contribution >= 4 is 12.1 Å². The van der Waals surface area contributed by atoms with Gasteiger partial charge in [-0.15, -0.1) is 0 Å². The number of amides is 1. The van der Waals surface area contributed by atoms with E-state index in [0.717, 1.165) is 0 Å². The van der Waals surface area contributed by atoms with E-state index in [1.165, 1.54) is 0 Å². The molecule has 0 spiro atoms. The summed E-state index contributed by atoms with van der Waals surface area (Å²) >= 11 is 0. The highest BCUT2D eigenvalue weighted by atomic mass is 16.6. The molecule has 1 aliphatic heterocycles. The van der Waals surface area contributed by atoms with Gasteiger partial charge in [0.15, 0.2) is 0 Å². The summed E-state index contributed by atoms with van der Waals surface area (Å²) in [5.74, 6) is -0.843. The zero-order valence-corrected chi connectivity index (χ0v) is 10.7. The third-order valence-electron chi connectivity index (χ3n) is 2.49. The highest BCUT2D eigenvalue weighted by Crippen LogP contribution is 2.20. The van der Waals surface area contributed by atoms with Crippen molar-refractivity contribution in [2.45, 2.75) is 45.4 Å². The minimum atomic E-state index is -0.843. The molecular weight excluding hydrogens is 224 g/mol. The van der Waals surface area contributed by atoms with Gasteiger partial charge < -0.3 is 15.2 Å². The van der Waals surface area contributed by atoms with E-state index in [4.69, 9.17) is 9.84 Å². The zero-order valence-electron chi connectivity index (χ0n) is 10.7. The SMILES string of the molecule is C[C@@H](C(=O)O)N1CC1CNC(=O)OC(C)(C)C. The number of rotatable bonds is 4. The normalized spacial score (nSPS) is 24.9. The largest absolute Gasteiger partial charge is 0.480 e. The van der Waals surface area contributed by atoms with Crippen LogP contribution in [0.5, 0.6) is 0 Å². The Morgan fingerprint density at radius 3 is 2.59 bits per heavy atom. The molecule has 2 unspecified atom stereocenters. The summed E-state index contributed by atoms with van der Waals surface area (Å²) in [5, 5.41) is 11.4. The first-order valence-electron chi connectivity index (χ1n) is 5.66. The second kappa shape index (κ2) is 4.91. The fraction of sp³-hybridized carbons (Fsp3) is 0.818. The molecule has 1 aliphatic rings. The van der Waals surface area contributed by atoms with Gasteiger partial charge in [0.1, 0.15) is 11.6 Å². The third-order valence-corrected chi connectivity index (χ3v) is 2.49. The molecule has 98 valence electrons. The number of nitrogens with zero attached hydrogens (tertiary/aromatic N) is 1. The monoisotopic (exact) mass is 244 g/mol. The molecule has 0 radical (unpaired) electrons. The van der Waals surface area contributed by atoms with Crippen molar-refractivity contribution in [1.82, 2.24) is 10.2 Å². The molecule has 0 aromatic rings. The number of carbonyl (C=O) groups excluding carboxylic acids is 1. The minimum absolute atomic E-state index is 0.105. The van der Waals surface area contributed by atoms with Crippen LogP contribution in [0.25, 0.3) is 0 Å². The molecule has 1 amide bonds. The van der Waals surface area contributed by atoms with E-state index in [-0.39, 0.29) is 6.04 Å². The summed E-state index contributed by atoms with van der Waals surface area (Å²) in [5.41, 5.74) is -0.512. The smallest absolute Gasteiger partial charge is 0.407 e. The fourth-order valence-electron chi connectivity index (χ4n) is 1.51. The van der Waals surface area contributed by atoms with Crippen LogP contribution in [0.2, 0.25) is 0 Å². The lowest BCUT2D eigenvalue weighted by atomic mass is 10.2. The Hall–Kier alpha value is -1.30. The molecule has 0 saturated carbocycles. The third kappa shape index (κ3) is 4.60. The maximum atomic E-state index is 11.3. The van der Waals surface area contributed by atoms with Crippen molar-refractivity contribution in [3.05, 3.63) is 0 Å². The maximum Gasteiger partial charge on any atom is 0.407 e. The van der Waals surface area contributed by atoms with Crippen molar-refractivity contribution in [3.63, 3.8) is 0 Å². The number of hydrogen-bond donors (Lipinski definition) is 2. The Morgan fingerprint density at radius 2 is 2.12 bits per heavy atom. The first kappa shape index (κ1) is 13.8. The van der Waals surface area contributed by atoms with Crippen LogP contribution in [0.3, 0.4) is 0 Å².